The first kappa shape index (κ1) is 17.7. The second-order valence-electron chi connectivity index (χ2n) is 4.94. The van der Waals surface area contributed by atoms with E-state index >= 15 is 0 Å². The number of nitrogens with one attached hydrogen (secondary N) is 2. The molecule has 0 aromatic heterocycles. The topological polar surface area (TPSA) is 128 Å². The minimum absolute atomic E-state index is 0.00355. The average molecular weight is 341 g/mol. The fourth-order valence-electron chi connectivity index (χ4n) is 1.97. The quantitative estimate of drug-likeness (QED) is 0.360. The maximum Gasteiger partial charge on any atom is 0.337 e. The Morgan fingerprint density at radius 2 is 1.44 bits per heavy atom. The number of ketones is 1. The average Bonchev–Trinajstić information content (AvgIpc) is 2.58. The van der Waals surface area contributed by atoms with Gasteiger partial charge in [-0.2, -0.15) is 0 Å². The van der Waals surface area contributed by atoms with Crippen LogP contribution in [0.5, 0.6) is 0 Å². The van der Waals surface area contributed by atoms with Crippen molar-refractivity contribution in [3.8, 4) is 0 Å². The number of para-hydroxylation sites is 2. The van der Waals surface area contributed by atoms with E-state index in [9.17, 15) is 14.4 Å². The van der Waals surface area contributed by atoms with Crippen LogP contribution in [0, 0.1) is 0 Å². The third-order valence-corrected chi connectivity index (χ3v) is 3.17. The Kier molecular flexibility index (Phi) is 5.47. The Morgan fingerprint density at radius 3 is 2.04 bits per heavy atom. The summed E-state index contributed by atoms with van der Waals surface area (Å²) in [7, 11) is 0. The number of nitrogens with zero attached hydrogens (tertiary/aromatic N) is 1. The van der Waals surface area contributed by atoms with Crippen molar-refractivity contribution in [2.45, 2.75) is 6.92 Å². The maximum atomic E-state index is 11.8. The van der Waals surface area contributed by atoms with E-state index in [2.05, 4.69) is 15.8 Å². The molecule has 0 bridgehead atoms. The van der Waals surface area contributed by atoms with Crippen molar-refractivity contribution in [1.29, 1.82) is 0 Å². The lowest BCUT2D eigenvalue weighted by Crippen LogP contribution is -2.34. The van der Waals surface area contributed by atoms with Crippen molar-refractivity contribution >= 4 is 34.9 Å². The van der Waals surface area contributed by atoms with Gasteiger partial charge in [0.25, 0.3) is 0 Å². The number of hydrogen-bond donors (Lipinski definition) is 4. The molecule has 0 atom stereocenters. The van der Waals surface area contributed by atoms with E-state index in [0.717, 1.165) is 0 Å². The standard InChI is InChI=1S/C17H15N3O5/c1-10(21)15(18-13-8-4-2-6-11(13)16(22)23)20-19-14-9-5-3-7-12(14)17(24)25/h2-9,19H,1H3,(H,18,20)(H,22,23)(H,24,25). The van der Waals surface area contributed by atoms with E-state index < -0.39 is 17.7 Å². The molecule has 2 aromatic carbocycles. The first-order valence-electron chi connectivity index (χ1n) is 7.16. The summed E-state index contributed by atoms with van der Waals surface area (Å²) in [6.07, 6.45) is 0. The summed E-state index contributed by atoms with van der Waals surface area (Å²) in [6.45, 7) is 1.25. The summed E-state index contributed by atoms with van der Waals surface area (Å²) in [5.41, 5.74) is 5.43. The molecule has 0 heterocycles. The van der Waals surface area contributed by atoms with Crippen LogP contribution in [0.25, 0.3) is 0 Å². The second kappa shape index (κ2) is 7.73. The highest BCUT2D eigenvalue weighted by molar-refractivity contribution is 6.38. The summed E-state index contributed by atoms with van der Waals surface area (Å²) >= 11 is 0. The molecule has 0 aliphatic rings. The fourth-order valence-corrected chi connectivity index (χ4v) is 1.97. The van der Waals surface area contributed by atoms with Crippen LogP contribution in [0.4, 0.5) is 11.4 Å². The van der Waals surface area contributed by atoms with E-state index in [-0.39, 0.29) is 28.3 Å². The molecule has 2 rings (SSSR count). The summed E-state index contributed by atoms with van der Waals surface area (Å²) in [6, 6.07) is 12.1. The Morgan fingerprint density at radius 1 is 0.880 bits per heavy atom. The molecule has 128 valence electrons. The van der Waals surface area contributed by atoms with Crippen LogP contribution >= 0.6 is 0 Å². The molecule has 0 unspecified atom stereocenters. The molecule has 8 nitrogen and oxygen atoms in total. The second-order valence-corrected chi connectivity index (χ2v) is 4.94. The summed E-state index contributed by atoms with van der Waals surface area (Å²) in [5, 5.41) is 18.3. The number of anilines is 1. The summed E-state index contributed by atoms with van der Waals surface area (Å²) < 4.78 is 0. The minimum Gasteiger partial charge on any atom is -0.478 e. The Labute approximate surface area is 142 Å². The normalized spacial score (nSPS) is 10.8. The number of rotatable bonds is 6. The number of aromatic carboxylic acids is 2. The van der Waals surface area contributed by atoms with Crippen molar-refractivity contribution in [2.24, 2.45) is 4.99 Å². The maximum absolute atomic E-state index is 11.8. The number of amidine groups is 1. The van der Waals surface area contributed by atoms with Gasteiger partial charge in [0.1, 0.15) is 0 Å². The highest BCUT2D eigenvalue weighted by Crippen LogP contribution is 2.19. The number of carbonyl (C=O) groups excluding carboxylic acids is 1. The van der Waals surface area contributed by atoms with Gasteiger partial charge in [0.05, 0.1) is 22.5 Å². The molecule has 0 radical (unpaired) electrons. The number of Topliss-reactive ketones (excluding diaryl/α,β-unsaturated/α-hetero) is 1. The predicted octanol–water partition coefficient (Wildman–Crippen LogP) is 2.32. The Bertz CT molecular complexity index is 861. The zero-order chi connectivity index (χ0) is 18.4. The van der Waals surface area contributed by atoms with Crippen molar-refractivity contribution in [2.75, 3.05) is 5.43 Å². The number of carboxylic acids is 2. The van der Waals surface area contributed by atoms with Gasteiger partial charge in [0.2, 0.25) is 0 Å². The molecule has 0 spiro atoms. The zero-order valence-corrected chi connectivity index (χ0v) is 13.2. The number of hydrogen-bond acceptors (Lipinski definition) is 5. The van der Waals surface area contributed by atoms with Gasteiger partial charge in [-0.15, -0.1) is 0 Å². The van der Waals surface area contributed by atoms with E-state index in [1.807, 2.05) is 0 Å². The Balaban J connectivity index is 2.31. The lowest BCUT2D eigenvalue weighted by molar-refractivity contribution is -0.111. The van der Waals surface area contributed by atoms with Gasteiger partial charge < -0.3 is 10.2 Å². The van der Waals surface area contributed by atoms with E-state index in [0.29, 0.717) is 0 Å². The van der Waals surface area contributed by atoms with E-state index in [1.54, 1.807) is 24.3 Å². The van der Waals surface area contributed by atoms with Crippen molar-refractivity contribution < 1.29 is 24.6 Å². The Hall–Kier alpha value is -3.68. The van der Waals surface area contributed by atoms with Crippen LogP contribution in [0.15, 0.2) is 53.5 Å². The summed E-state index contributed by atoms with van der Waals surface area (Å²) in [4.78, 5) is 38.2. The van der Waals surface area contributed by atoms with Gasteiger partial charge in [0.15, 0.2) is 11.6 Å². The number of benzene rings is 2. The van der Waals surface area contributed by atoms with Crippen molar-refractivity contribution in [1.82, 2.24) is 5.43 Å². The van der Waals surface area contributed by atoms with Gasteiger partial charge >= 0.3 is 11.9 Å². The molecule has 0 aliphatic heterocycles. The SMILES string of the molecule is CC(=O)C(=Nc1ccccc1C(=O)O)NNc1ccccc1C(=O)O. The number of carboxylic acid groups (broad SMARTS) is 2. The van der Waals surface area contributed by atoms with Gasteiger partial charge in [-0.1, -0.05) is 24.3 Å². The van der Waals surface area contributed by atoms with Gasteiger partial charge in [-0.25, -0.2) is 14.6 Å². The van der Waals surface area contributed by atoms with Crippen LogP contribution in [0.1, 0.15) is 27.6 Å². The molecule has 0 amide bonds. The minimum atomic E-state index is -1.17. The van der Waals surface area contributed by atoms with E-state index in [1.165, 1.54) is 31.2 Å². The largest absolute Gasteiger partial charge is 0.478 e. The number of hydrazine groups is 1. The molecule has 0 saturated heterocycles. The highest BCUT2D eigenvalue weighted by atomic mass is 16.4. The third-order valence-electron chi connectivity index (χ3n) is 3.17. The van der Waals surface area contributed by atoms with Crippen LogP contribution in [-0.4, -0.2) is 33.8 Å². The molecule has 25 heavy (non-hydrogen) atoms. The van der Waals surface area contributed by atoms with Gasteiger partial charge in [-0.3, -0.25) is 15.6 Å². The van der Waals surface area contributed by atoms with Crippen LogP contribution < -0.4 is 10.9 Å². The smallest absolute Gasteiger partial charge is 0.337 e. The molecule has 0 saturated carbocycles. The van der Waals surface area contributed by atoms with E-state index in [4.69, 9.17) is 10.2 Å². The molecule has 4 N–H and O–H groups in total. The molecule has 0 fully saturated rings. The molecular weight excluding hydrogens is 326 g/mol. The first-order valence-corrected chi connectivity index (χ1v) is 7.16. The fraction of sp³-hybridized carbons (Fsp3) is 0.0588. The first-order chi connectivity index (χ1) is 11.9. The summed E-state index contributed by atoms with van der Waals surface area (Å²) in [5.74, 6) is -2.93. The molecule has 8 heteroatoms. The van der Waals surface area contributed by atoms with Crippen LogP contribution in [-0.2, 0) is 4.79 Å². The molecule has 0 aliphatic carbocycles. The van der Waals surface area contributed by atoms with Crippen LogP contribution in [0.3, 0.4) is 0 Å². The lowest BCUT2D eigenvalue weighted by Gasteiger charge is -2.12. The van der Waals surface area contributed by atoms with Gasteiger partial charge in [0, 0.05) is 6.92 Å². The highest BCUT2D eigenvalue weighted by Gasteiger charge is 2.13. The molecular formula is C17H15N3O5. The lowest BCUT2D eigenvalue weighted by atomic mass is 10.2. The van der Waals surface area contributed by atoms with Crippen molar-refractivity contribution in [3.63, 3.8) is 0 Å². The van der Waals surface area contributed by atoms with Gasteiger partial charge in [-0.05, 0) is 24.3 Å². The van der Waals surface area contributed by atoms with Crippen molar-refractivity contribution in [3.05, 3.63) is 59.7 Å². The monoisotopic (exact) mass is 341 g/mol. The zero-order valence-electron chi connectivity index (χ0n) is 13.2. The predicted molar refractivity (Wildman–Crippen MR) is 91.3 cm³/mol. The number of aliphatic imine (C=N–C) groups is 1. The molecule has 2 aromatic rings. The number of carbonyl (C=O) groups is 3. The van der Waals surface area contributed by atoms with Crippen LogP contribution in [0.2, 0.25) is 0 Å². The third kappa shape index (κ3) is 4.41.